The lowest BCUT2D eigenvalue weighted by Crippen LogP contribution is -3.18. The first-order chi connectivity index (χ1) is 10.6. The maximum atomic E-state index is 12.1. The van der Waals surface area contributed by atoms with Crippen molar-refractivity contribution in [2.75, 3.05) is 25.5 Å². The highest BCUT2D eigenvalue weighted by atomic mass is 16.5. The number of carbonyl (C=O) groups is 2. The number of hydrogen-bond donors (Lipinski definition) is 2. The number of anilines is 1. The van der Waals surface area contributed by atoms with E-state index in [1.165, 1.54) is 0 Å². The number of ether oxygens (including phenoxy) is 1. The average molecular weight is 306 g/mol. The van der Waals surface area contributed by atoms with E-state index in [0.29, 0.717) is 11.4 Å². The van der Waals surface area contributed by atoms with Crippen LogP contribution < -0.4 is 20.1 Å². The van der Waals surface area contributed by atoms with Crippen LogP contribution in [0.25, 0.3) is 0 Å². The SMILES string of the molecule is COc1ccc(NC(=O)CC(C(=O)[O-])[NH+]2CCCCC2)cc1. The summed E-state index contributed by atoms with van der Waals surface area (Å²) in [5.41, 5.74) is 0.622. The van der Waals surface area contributed by atoms with Crippen LogP contribution in [0.4, 0.5) is 5.69 Å². The fraction of sp³-hybridized carbons (Fsp3) is 0.500. The lowest BCUT2D eigenvalue weighted by molar-refractivity contribution is -0.922. The fourth-order valence-electron chi connectivity index (χ4n) is 2.82. The van der Waals surface area contributed by atoms with Crippen molar-refractivity contribution in [1.82, 2.24) is 0 Å². The number of amides is 1. The smallest absolute Gasteiger partial charge is 0.230 e. The molecule has 1 heterocycles. The molecule has 1 unspecified atom stereocenters. The third-order valence-electron chi connectivity index (χ3n) is 4.04. The number of aliphatic carboxylic acids is 1. The van der Waals surface area contributed by atoms with Crippen LogP contribution in [0.2, 0.25) is 0 Å². The van der Waals surface area contributed by atoms with Gasteiger partial charge in [-0.15, -0.1) is 0 Å². The molecule has 1 atom stereocenters. The van der Waals surface area contributed by atoms with E-state index >= 15 is 0 Å². The molecular weight excluding hydrogens is 284 g/mol. The van der Waals surface area contributed by atoms with Gasteiger partial charge in [-0.2, -0.15) is 0 Å². The van der Waals surface area contributed by atoms with E-state index in [1.807, 2.05) is 0 Å². The summed E-state index contributed by atoms with van der Waals surface area (Å²) in [4.78, 5) is 24.4. The number of carbonyl (C=O) groups excluding carboxylic acids is 2. The molecule has 0 radical (unpaired) electrons. The van der Waals surface area contributed by atoms with Gasteiger partial charge in [0.1, 0.15) is 11.8 Å². The number of nitrogens with one attached hydrogen (secondary N) is 2. The van der Waals surface area contributed by atoms with Crippen molar-refractivity contribution in [2.24, 2.45) is 0 Å². The maximum Gasteiger partial charge on any atom is 0.230 e. The zero-order valence-electron chi connectivity index (χ0n) is 12.8. The second-order valence-electron chi connectivity index (χ2n) is 5.57. The zero-order valence-corrected chi connectivity index (χ0v) is 12.8. The van der Waals surface area contributed by atoms with Gasteiger partial charge in [-0.1, -0.05) is 0 Å². The second kappa shape index (κ2) is 7.79. The van der Waals surface area contributed by atoms with Crippen LogP contribution in [-0.2, 0) is 9.59 Å². The van der Waals surface area contributed by atoms with Crippen molar-refractivity contribution in [3.63, 3.8) is 0 Å². The van der Waals surface area contributed by atoms with Gasteiger partial charge in [0, 0.05) is 5.69 Å². The minimum absolute atomic E-state index is 0.0658. The number of piperidine rings is 1. The topological polar surface area (TPSA) is 82.9 Å². The largest absolute Gasteiger partial charge is 0.544 e. The lowest BCUT2D eigenvalue weighted by Gasteiger charge is -2.31. The van der Waals surface area contributed by atoms with E-state index in [1.54, 1.807) is 31.4 Å². The van der Waals surface area contributed by atoms with Gasteiger partial charge in [-0.25, -0.2) is 0 Å². The molecule has 1 aliphatic heterocycles. The van der Waals surface area contributed by atoms with Gasteiger partial charge in [0.15, 0.2) is 0 Å². The molecule has 6 heteroatoms. The Morgan fingerprint density at radius 1 is 1.23 bits per heavy atom. The average Bonchev–Trinajstić information content (AvgIpc) is 2.54. The van der Waals surface area contributed by atoms with E-state index in [9.17, 15) is 14.7 Å². The minimum Gasteiger partial charge on any atom is -0.544 e. The Kier molecular flexibility index (Phi) is 5.77. The van der Waals surface area contributed by atoms with E-state index in [4.69, 9.17) is 4.74 Å². The van der Waals surface area contributed by atoms with Crippen LogP contribution in [0.1, 0.15) is 25.7 Å². The van der Waals surface area contributed by atoms with Gasteiger partial charge in [-0.3, -0.25) is 4.79 Å². The Hall–Kier alpha value is -2.08. The Balaban J connectivity index is 1.93. The van der Waals surface area contributed by atoms with Crippen LogP contribution in [0, 0.1) is 0 Å². The van der Waals surface area contributed by atoms with Crippen LogP contribution >= 0.6 is 0 Å². The van der Waals surface area contributed by atoms with Gasteiger partial charge in [0.25, 0.3) is 0 Å². The van der Waals surface area contributed by atoms with E-state index < -0.39 is 12.0 Å². The maximum absolute atomic E-state index is 12.1. The third-order valence-corrected chi connectivity index (χ3v) is 4.04. The molecule has 0 spiro atoms. The minimum atomic E-state index is -1.15. The number of methoxy groups -OCH3 is 1. The fourth-order valence-corrected chi connectivity index (χ4v) is 2.82. The molecule has 1 aromatic rings. The Bertz CT molecular complexity index is 509. The number of rotatable bonds is 6. The summed E-state index contributed by atoms with van der Waals surface area (Å²) in [7, 11) is 1.57. The number of carboxylic acid groups (broad SMARTS) is 1. The highest BCUT2D eigenvalue weighted by molar-refractivity contribution is 5.93. The van der Waals surface area contributed by atoms with Crippen molar-refractivity contribution in [1.29, 1.82) is 0 Å². The first-order valence-corrected chi connectivity index (χ1v) is 7.59. The molecule has 1 fully saturated rings. The normalized spacial score (nSPS) is 16.8. The van der Waals surface area contributed by atoms with Crippen LogP contribution in [0.15, 0.2) is 24.3 Å². The predicted octanol–water partition coefficient (Wildman–Crippen LogP) is -0.789. The summed E-state index contributed by atoms with van der Waals surface area (Å²) in [5, 5.41) is 14.1. The molecule has 120 valence electrons. The third kappa shape index (κ3) is 4.46. The van der Waals surface area contributed by atoms with E-state index in [0.717, 1.165) is 37.3 Å². The summed E-state index contributed by atoms with van der Waals surface area (Å²) < 4.78 is 5.05. The molecule has 1 amide bonds. The molecule has 2 N–H and O–H groups in total. The summed E-state index contributed by atoms with van der Waals surface area (Å²) >= 11 is 0. The monoisotopic (exact) mass is 306 g/mol. The molecule has 0 aromatic heterocycles. The second-order valence-corrected chi connectivity index (χ2v) is 5.57. The van der Waals surface area contributed by atoms with Gasteiger partial charge in [-0.05, 0) is 43.5 Å². The molecule has 2 rings (SSSR count). The van der Waals surface area contributed by atoms with Crippen LogP contribution in [0.5, 0.6) is 5.75 Å². The van der Waals surface area contributed by atoms with E-state index in [2.05, 4.69) is 5.32 Å². The Labute approximate surface area is 130 Å². The van der Waals surface area contributed by atoms with E-state index in [-0.39, 0.29) is 12.3 Å². The first-order valence-electron chi connectivity index (χ1n) is 7.59. The molecule has 1 aromatic carbocycles. The van der Waals surface area contributed by atoms with Crippen LogP contribution in [-0.4, -0.2) is 38.1 Å². The highest BCUT2D eigenvalue weighted by Crippen LogP contribution is 2.15. The molecule has 0 aliphatic carbocycles. The van der Waals surface area contributed by atoms with Crippen LogP contribution in [0.3, 0.4) is 0 Å². The lowest BCUT2D eigenvalue weighted by atomic mass is 10.1. The van der Waals surface area contributed by atoms with Gasteiger partial charge in [0.05, 0.1) is 32.6 Å². The molecular formula is C16H22N2O4. The van der Waals surface area contributed by atoms with Crippen molar-refractivity contribution in [2.45, 2.75) is 31.7 Å². The molecule has 6 nitrogen and oxygen atoms in total. The zero-order chi connectivity index (χ0) is 15.9. The summed E-state index contributed by atoms with van der Waals surface area (Å²) in [6, 6.07) is 6.14. The molecule has 0 bridgehead atoms. The number of benzene rings is 1. The van der Waals surface area contributed by atoms with Gasteiger partial charge >= 0.3 is 0 Å². The number of carboxylic acids is 1. The molecule has 22 heavy (non-hydrogen) atoms. The quantitative estimate of drug-likeness (QED) is 0.722. The molecule has 0 saturated carbocycles. The summed E-state index contributed by atoms with van der Waals surface area (Å²) in [6.07, 6.45) is 3.06. The molecule has 1 saturated heterocycles. The molecule has 1 aliphatic rings. The Morgan fingerprint density at radius 2 is 1.86 bits per heavy atom. The Morgan fingerprint density at radius 3 is 2.41 bits per heavy atom. The standard InChI is InChI=1S/C16H22N2O4/c1-22-13-7-5-12(6-8-13)17-15(19)11-14(16(20)21)18-9-3-2-4-10-18/h5-8,14H,2-4,9-11H2,1H3,(H,17,19)(H,20,21). The first kappa shape index (κ1) is 16.3. The van der Waals surface area contributed by atoms with Crippen molar-refractivity contribution in [3.8, 4) is 5.75 Å². The van der Waals surface area contributed by atoms with Crippen molar-refractivity contribution < 1.29 is 24.3 Å². The number of quaternary nitrogens is 1. The summed E-state index contributed by atoms with van der Waals surface area (Å²) in [5.74, 6) is -0.761. The van der Waals surface area contributed by atoms with Crippen molar-refractivity contribution in [3.05, 3.63) is 24.3 Å². The van der Waals surface area contributed by atoms with Gasteiger partial charge in [0.2, 0.25) is 5.91 Å². The predicted molar refractivity (Wildman–Crippen MR) is 79.6 cm³/mol. The number of hydrogen-bond acceptors (Lipinski definition) is 4. The van der Waals surface area contributed by atoms with Crippen molar-refractivity contribution >= 4 is 17.6 Å². The highest BCUT2D eigenvalue weighted by Gasteiger charge is 2.27. The van der Waals surface area contributed by atoms with Gasteiger partial charge < -0.3 is 24.9 Å². The summed E-state index contributed by atoms with van der Waals surface area (Å²) in [6.45, 7) is 1.57. The number of likely N-dealkylation sites (tertiary alicyclic amines) is 1.